The number of hydrogen-bond donors (Lipinski definition) is 1. The molecule has 0 saturated carbocycles. The molecule has 310 valence electrons. The SMILES string of the molecule is C.C.COC(=O)c1oc(C(=O)OC)c(-c2c[nH]c3ccccc23)c1OC.COC(=O)c1oc(C(=O)OC)c(-c2cn(Cc3ccc(OC)cc3)c3ccccc23)c1OC. The van der Waals surface area contributed by atoms with Crippen molar-refractivity contribution < 1.29 is 61.2 Å². The zero-order chi connectivity index (χ0) is 40.8. The van der Waals surface area contributed by atoms with E-state index in [0.29, 0.717) is 28.8 Å². The van der Waals surface area contributed by atoms with E-state index in [9.17, 15) is 19.2 Å². The second-order valence-electron chi connectivity index (χ2n) is 12.1. The molecule has 59 heavy (non-hydrogen) atoms. The van der Waals surface area contributed by atoms with Crippen molar-refractivity contribution in [3.63, 3.8) is 0 Å². The van der Waals surface area contributed by atoms with Crippen LogP contribution in [0.3, 0.4) is 0 Å². The first-order valence-electron chi connectivity index (χ1n) is 17.2. The van der Waals surface area contributed by atoms with Crippen LogP contribution in [0.25, 0.3) is 44.1 Å². The number of nitrogens with zero attached hydrogens (tertiary/aromatic N) is 1. The Hall–Kier alpha value is -7.42. The van der Waals surface area contributed by atoms with Gasteiger partial charge in [0, 0.05) is 51.9 Å². The smallest absolute Gasteiger partial charge is 0.377 e. The fraction of sp³-hybridized carbons (Fsp3) is 0.227. The molecular weight excluding hydrogens is 764 g/mol. The first-order chi connectivity index (χ1) is 27.6. The number of para-hydroxylation sites is 2. The normalized spacial score (nSPS) is 10.4. The Bertz CT molecular complexity index is 2590. The van der Waals surface area contributed by atoms with Crippen LogP contribution in [0.5, 0.6) is 17.2 Å². The lowest BCUT2D eigenvalue weighted by Crippen LogP contribution is -2.02. The minimum atomic E-state index is -0.759. The van der Waals surface area contributed by atoms with Gasteiger partial charge >= 0.3 is 23.9 Å². The summed E-state index contributed by atoms with van der Waals surface area (Å²) in [4.78, 5) is 52.0. The average Bonchev–Trinajstić information content (AvgIpc) is 4.04. The molecular formula is C44H46N2O13. The predicted octanol–water partition coefficient (Wildman–Crippen LogP) is 8.82. The van der Waals surface area contributed by atoms with E-state index in [1.807, 2.05) is 79.0 Å². The lowest BCUT2D eigenvalue weighted by molar-refractivity contribution is 0.0513. The number of nitrogens with one attached hydrogen (secondary N) is 1. The Morgan fingerprint density at radius 1 is 0.559 bits per heavy atom. The molecule has 0 aliphatic rings. The molecule has 4 heterocycles. The average molecular weight is 811 g/mol. The second kappa shape index (κ2) is 19.1. The third-order valence-corrected chi connectivity index (χ3v) is 9.05. The van der Waals surface area contributed by atoms with Gasteiger partial charge in [0.25, 0.3) is 11.5 Å². The van der Waals surface area contributed by atoms with E-state index < -0.39 is 23.9 Å². The van der Waals surface area contributed by atoms with Gasteiger partial charge in [0.2, 0.25) is 11.5 Å². The van der Waals surface area contributed by atoms with Crippen molar-refractivity contribution in [3.05, 3.63) is 114 Å². The number of carbonyl (C=O) groups is 4. The molecule has 15 heteroatoms. The quantitative estimate of drug-likeness (QED) is 0.0968. The van der Waals surface area contributed by atoms with Crippen LogP contribution in [0.2, 0.25) is 0 Å². The molecule has 7 rings (SSSR count). The van der Waals surface area contributed by atoms with E-state index in [0.717, 1.165) is 33.1 Å². The van der Waals surface area contributed by atoms with Crippen molar-refractivity contribution in [2.45, 2.75) is 21.4 Å². The number of ether oxygens (including phenoxy) is 7. The number of fused-ring (bicyclic) bond motifs is 2. The summed E-state index contributed by atoms with van der Waals surface area (Å²) in [6.07, 6.45) is 3.61. The maximum atomic E-state index is 12.6. The summed E-state index contributed by atoms with van der Waals surface area (Å²) < 4.78 is 48.3. The van der Waals surface area contributed by atoms with Gasteiger partial charge in [-0.15, -0.1) is 0 Å². The molecule has 0 fully saturated rings. The molecule has 7 aromatic rings. The van der Waals surface area contributed by atoms with E-state index >= 15 is 0 Å². The minimum Gasteiger partial charge on any atom is -0.497 e. The van der Waals surface area contributed by atoms with Crippen LogP contribution in [0.1, 0.15) is 62.6 Å². The van der Waals surface area contributed by atoms with Gasteiger partial charge in [0.1, 0.15) is 5.75 Å². The first kappa shape index (κ1) is 44.3. The molecule has 0 spiro atoms. The molecule has 0 bridgehead atoms. The number of H-pyrrole nitrogens is 1. The van der Waals surface area contributed by atoms with Crippen molar-refractivity contribution in [1.29, 1.82) is 0 Å². The van der Waals surface area contributed by atoms with Crippen LogP contribution >= 0.6 is 0 Å². The molecule has 3 aromatic carbocycles. The van der Waals surface area contributed by atoms with Crippen molar-refractivity contribution in [2.75, 3.05) is 49.8 Å². The van der Waals surface area contributed by atoms with Crippen LogP contribution in [-0.2, 0) is 25.5 Å². The van der Waals surface area contributed by atoms with Crippen molar-refractivity contribution in [1.82, 2.24) is 9.55 Å². The van der Waals surface area contributed by atoms with Gasteiger partial charge in [-0.1, -0.05) is 63.4 Å². The number of hydrogen-bond acceptors (Lipinski definition) is 13. The van der Waals surface area contributed by atoms with Crippen LogP contribution in [0.4, 0.5) is 0 Å². The van der Waals surface area contributed by atoms with E-state index in [-0.39, 0.29) is 49.4 Å². The number of furan rings is 2. The molecule has 1 N–H and O–H groups in total. The highest BCUT2D eigenvalue weighted by atomic mass is 16.6. The fourth-order valence-corrected chi connectivity index (χ4v) is 6.42. The highest BCUT2D eigenvalue weighted by Crippen LogP contribution is 2.44. The summed E-state index contributed by atoms with van der Waals surface area (Å²) in [6, 6.07) is 23.0. The molecule has 0 radical (unpaired) electrons. The third-order valence-electron chi connectivity index (χ3n) is 9.05. The van der Waals surface area contributed by atoms with Crippen LogP contribution < -0.4 is 14.2 Å². The van der Waals surface area contributed by atoms with E-state index in [4.69, 9.17) is 42.0 Å². The van der Waals surface area contributed by atoms with E-state index in [1.165, 1.54) is 42.7 Å². The van der Waals surface area contributed by atoms with Crippen molar-refractivity contribution >= 4 is 45.7 Å². The molecule has 0 aliphatic carbocycles. The van der Waals surface area contributed by atoms with Gasteiger partial charge in [-0.2, -0.15) is 0 Å². The number of carbonyl (C=O) groups excluding carboxylic acids is 4. The summed E-state index contributed by atoms with van der Waals surface area (Å²) in [7, 11) is 9.33. The summed E-state index contributed by atoms with van der Waals surface area (Å²) in [6.45, 7) is 0.572. The maximum Gasteiger partial charge on any atom is 0.377 e. The van der Waals surface area contributed by atoms with Crippen LogP contribution in [0, 0.1) is 0 Å². The fourth-order valence-electron chi connectivity index (χ4n) is 6.42. The number of esters is 4. The largest absolute Gasteiger partial charge is 0.497 e. The third kappa shape index (κ3) is 8.35. The predicted molar refractivity (Wildman–Crippen MR) is 220 cm³/mol. The van der Waals surface area contributed by atoms with E-state index in [1.54, 1.807) is 13.3 Å². The topological polar surface area (TPSA) is 180 Å². The number of aromatic nitrogens is 2. The molecule has 0 aliphatic heterocycles. The summed E-state index contributed by atoms with van der Waals surface area (Å²) in [5, 5.41) is 1.70. The molecule has 0 amide bonds. The molecule has 0 saturated heterocycles. The summed E-state index contributed by atoms with van der Waals surface area (Å²) >= 11 is 0. The molecule has 4 aromatic heterocycles. The first-order valence-corrected chi connectivity index (χ1v) is 17.2. The molecule has 15 nitrogen and oxygen atoms in total. The Morgan fingerprint density at radius 3 is 1.54 bits per heavy atom. The van der Waals surface area contributed by atoms with Gasteiger partial charge in [0.15, 0.2) is 11.5 Å². The maximum absolute atomic E-state index is 12.6. The van der Waals surface area contributed by atoms with Gasteiger partial charge in [-0.05, 0) is 29.8 Å². The minimum absolute atomic E-state index is 0. The van der Waals surface area contributed by atoms with Gasteiger partial charge in [-0.25, -0.2) is 19.2 Å². The number of aromatic amines is 1. The number of rotatable bonds is 11. The Kier molecular flexibility index (Phi) is 14.4. The number of benzene rings is 3. The highest BCUT2D eigenvalue weighted by Gasteiger charge is 2.34. The highest BCUT2D eigenvalue weighted by molar-refractivity contribution is 6.08. The van der Waals surface area contributed by atoms with Crippen molar-refractivity contribution in [3.8, 4) is 39.5 Å². The molecule has 0 atom stereocenters. The summed E-state index contributed by atoms with van der Waals surface area (Å²) in [5.74, 6) is -2.62. The standard InChI is InChI=1S/C25H23NO7.C17H15NO6.2CH4/c1-29-16-11-9-15(10-12-16)13-26-14-18(17-7-5-6-8-19(17)26)20-21(30-2)23(25(28)32-4)33-22(20)24(27)31-3;1-21-13-12(10-8-18-11-7-5-4-6-9(10)11)14(16(19)22-2)24-15(13)17(20)23-3;;/h5-12,14H,13H2,1-4H3;4-8,18H,1-3H3;2*1H4. The Morgan fingerprint density at radius 2 is 1.03 bits per heavy atom. The van der Waals surface area contributed by atoms with E-state index in [2.05, 4.69) is 9.55 Å². The lowest BCUT2D eigenvalue weighted by Gasteiger charge is -2.06. The Labute approximate surface area is 340 Å². The summed E-state index contributed by atoms with van der Waals surface area (Å²) in [5.41, 5.74) is 4.84. The van der Waals surface area contributed by atoms with Gasteiger partial charge in [-0.3, -0.25) is 0 Å². The van der Waals surface area contributed by atoms with Gasteiger partial charge < -0.3 is 51.5 Å². The monoisotopic (exact) mass is 810 g/mol. The lowest BCUT2D eigenvalue weighted by atomic mass is 10.0. The molecule has 0 unspecified atom stereocenters. The zero-order valence-electron chi connectivity index (χ0n) is 32.0. The van der Waals surface area contributed by atoms with Gasteiger partial charge in [0.05, 0.1) is 60.9 Å². The second-order valence-corrected chi connectivity index (χ2v) is 12.1. The zero-order valence-corrected chi connectivity index (χ0v) is 32.0. The van der Waals surface area contributed by atoms with Crippen LogP contribution in [-0.4, -0.2) is 83.2 Å². The number of methoxy groups -OCH3 is 7. The Balaban J connectivity index is 0.000000264. The van der Waals surface area contributed by atoms with Crippen LogP contribution in [0.15, 0.2) is 94.0 Å². The van der Waals surface area contributed by atoms with Crippen molar-refractivity contribution in [2.24, 2.45) is 0 Å².